The number of carbonyl (C=O) groups excluding carboxylic acids is 1. The molecular weight excluding hydrogens is 338 g/mol. The summed E-state index contributed by atoms with van der Waals surface area (Å²) in [6.45, 7) is 2.81. The highest BCUT2D eigenvalue weighted by Gasteiger charge is 2.17. The van der Waals surface area contributed by atoms with Crippen LogP contribution >= 0.6 is 0 Å². The third-order valence-electron chi connectivity index (χ3n) is 4.76. The molecule has 0 atom stereocenters. The lowest BCUT2D eigenvalue weighted by Gasteiger charge is -2.25. The molecule has 1 aromatic heterocycles. The van der Waals surface area contributed by atoms with E-state index in [-0.39, 0.29) is 5.97 Å². The molecule has 2 N–H and O–H groups in total. The monoisotopic (exact) mass is 365 g/mol. The van der Waals surface area contributed by atoms with E-state index in [4.69, 9.17) is 4.74 Å². The lowest BCUT2D eigenvalue weighted by atomic mass is 9.95. The van der Waals surface area contributed by atoms with Gasteiger partial charge in [0.1, 0.15) is 0 Å². The lowest BCUT2D eigenvalue weighted by Crippen LogP contribution is -2.32. The van der Waals surface area contributed by atoms with Crippen molar-refractivity contribution >= 4 is 5.97 Å². The van der Waals surface area contributed by atoms with Crippen LogP contribution in [0.1, 0.15) is 44.6 Å². The van der Waals surface area contributed by atoms with Gasteiger partial charge in [-0.05, 0) is 49.6 Å². The van der Waals surface area contributed by atoms with E-state index in [9.17, 15) is 4.79 Å². The fraction of sp³-hybridized carbons (Fsp3) is 0.409. The van der Waals surface area contributed by atoms with Crippen molar-refractivity contribution < 1.29 is 9.53 Å². The van der Waals surface area contributed by atoms with Crippen molar-refractivity contribution in [2.45, 2.75) is 51.6 Å². The Morgan fingerprint density at radius 2 is 1.96 bits per heavy atom. The van der Waals surface area contributed by atoms with Gasteiger partial charge in [0.2, 0.25) is 0 Å². The predicted octanol–water partition coefficient (Wildman–Crippen LogP) is 3.52. The van der Waals surface area contributed by atoms with Crippen LogP contribution in [0.25, 0.3) is 0 Å². The highest BCUT2D eigenvalue weighted by atomic mass is 16.5. The minimum Gasteiger partial charge on any atom is -0.462 e. The SMILES string of the molecule is CCOC(=O)C1=CC(NCc2ccncc2)=C(NC2CCCCC2)C=C=C1. The van der Waals surface area contributed by atoms with Crippen LogP contribution in [-0.4, -0.2) is 23.6 Å². The molecule has 0 spiro atoms. The maximum Gasteiger partial charge on any atom is 0.338 e. The number of ether oxygens (including phenoxy) is 1. The first-order chi connectivity index (χ1) is 13.3. The molecule has 1 aromatic rings. The van der Waals surface area contributed by atoms with Crippen molar-refractivity contribution in [2.24, 2.45) is 0 Å². The van der Waals surface area contributed by atoms with Crippen LogP contribution in [-0.2, 0) is 16.1 Å². The molecule has 0 aromatic carbocycles. The summed E-state index contributed by atoms with van der Waals surface area (Å²) in [5.41, 5.74) is 6.57. The van der Waals surface area contributed by atoms with Crippen molar-refractivity contribution in [1.29, 1.82) is 0 Å². The third-order valence-corrected chi connectivity index (χ3v) is 4.76. The van der Waals surface area contributed by atoms with E-state index < -0.39 is 0 Å². The van der Waals surface area contributed by atoms with Gasteiger partial charge < -0.3 is 15.4 Å². The zero-order valence-corrected chi connectivity index (χ0v) is 15.8. The molecule has 0 saturated heterocycles. The van der Waals surface area contributed by atoms with Crippen LogP contribution in [0.15, 0.2) is 65.5 Å². The van der Waals surface area contributed by atoms with Gasteiger partial charge in [-0.15, -0.1) is 5.73 Å². The van der Waals surface area contributed by atoms with Crippen LogP contribution in [0, 0.1) is 0 Å². The summed E-state index contributed by atoms with van der Waals surface area (Å²) < 4.78 is 5.16. The van der Waals surface area contributed by atoms with E-state index in [2.05, 4.69) is 21.3 Å². The van der Waals surface area contributed by atoms with E-state index in [0.29, 0.717) is 24.8 Å². The Labute approximate surface area is 160 Å². The Kier molecular flexibility index (Phi) is 6.89. The van der Waals surface area contributed by atoms with Gasteiger partial charge in [-0.2, -0.15) is 0 Å². The molecule has 1 saturated carbocycles. The lowest BCUT2D eigenvalue weighted by molar-refractivity contribution is -0.138. The maximum atomic E-state index is 12.2. The normalized spacial score (nSPS) is 17.3. The summed E-state index contributed by atoms with van der Waals surface area (Å²) in [6.07, 6.45) is 15.2. The van der Waals surface area contributed by atoms with E-state index in [1.807, 2.05) is 31.2 Å². The standard InChI is InChI=1S/C22H27N3O2/c1-2-27-22(26)18-7-6-10-20(25-19-8-4-3-5-9-19)21(15-18)24-16-17-11-13-23-14-12-17/h7,10-15,19,24-25H,2-5,8-9,16H2,1H3. The van der Waals surface area contributed by atoms with Gasteiger partial charge in [-0.1, -0.05) is 19.3 Å². The van der Waals surface area contributed by atoms with Crippen molar-refractivity contribution in [2.75, 3.05) is 6.61 Å². The molecule has 3 rings (SSSR count). The number of hydrogen-bond donors (Lipinski definition) is 2. The molecule has 5 nitrogen and oxygen atoms in total. The predicted molar refractivity (Wildman–Crippen MR) is 105 cm³/mol. The van der Waals surface area contributed by atoms with E-state index >= 15 is 0 Å². The van der Waals surface area contributed by atoms with Crippen LogP contribution in [0.5, 0.6) is 0 Å². The average molecular weight is 365 g/mol. The Morgan fingerprint density at radius 3 is 2.70 bits per heavy atom. The Balaban J connectivity index is 1.83. The highest BCUT2D eigenvalue weighted by Crippen LogP contribution is 2.20. The van der Waals surface area contributed by atoms with Crippen molar-refractivity contribution in [3.8, 4) is 0 Å². The van der Waals surface area contributed by atoms with Gasteiger partial charge in [-0.3, -0.25) is 4.98 Å². The van der Waals surface area contributed by atoms with E-state index in [0.717, 1.165) is 17.0 Å². The Bertz CT molecular complexity index is 768. The van der Waals surface area contributed by atoms with Crippen LogP contribution in [0.3, 0.4) is 0 Å². The Morgan fingerprint density at radius 1 is 1.19 bits per heavy atom. The first-order valence-corrected chi connectivity index (χ1v) is 9.71. The van der Waals surface area contributed by atoms with Crippen molar-refractivity contribution in [1.82, 2.24) is 15.6 Å². The van der Waals surface area contributed by atoms with E-state index in [1.54, 1.807) is 18.5 Å². The fourth-order valence-corrected chi connectivity index (χ4v) is 3.33. The first-order valence-electron chi connectivity index (χ1n) is 9.71. The molecule has 0 bridgehead atoms. The quantitative estimate of drug-likeness (QED) is 0.572. The number of nitrogens with zero attached hydrogens (tertiary/aromatic N) is 1. The Hall–Kier alpha value is -2.78. The molecule has 0 radical (unpaired) electrons. The molecule has 27 heavy (non-hydrogen) atoms. The number of hydrogen-bond acceptors (Lipinski definition) is 5. The minimum absolute atomic E-state index is 0.333. The molecule has 0 amide bonds. The number of pyridine rings is 1. The molecule has 0 aliphatic heterocycles. The molecular formula is C22H27N3O2. The second kappa shape index (κ2) is 9.79. The van der Waals surface area contributed by atoms with Crippen molar-refractivity contribution in [3.05, 3.63) is 71.0 Å². The fourth-order valence-electron chi connectivity index (χ4n) is 3.33. The van der Waals surface area contributed by atoms with Gasteiger partial charge in [0.25, 0.3) is 0 Å². The van der Waals surface area contributed by atoms with Crippen molar-refractivity contribution in [3.63, 3.8) is 0 Å². The van der Waals surface area contributed by atoms with Gasteiger partial charge in [0.05, 0.1) is 23.6 Å². The number of allylic oxidation sites excluding steroid dienone is 2. The molecule has 2 aliphatic carbocycles. The topological polar surface area (TPSA) is 63.2 Å². The molecule has 1 fully saturated rings. The number of rotatable bonds is 7. The molecule has 2 aliphatic rings. The number of aromatic nitrogens is 1. The van der Waals surface area contributed by atoms with Crippen LogP contribution in [0.2, 0.25) is 0 Å². The second-order valence-corrected chi connectivity index (χ2v) is 6.79. The first kappa shape index (κ1) is 19.0. The zero-order valence-electron chi connectivity index (χ0n) is 15.8. The minimum atomic E-state index is -0.333. The van der Waals surface area contributed by atoms with Gasteiger partial charge >= 0.3 is 5.97 Å². The van der Waals surface area contributed by atoms with Gasteiger partial charge in [-0.25, -0.2) is 4.79 Å². The number of nitrogens with one attached hydrogen (secondary N) is 2. The summed E-state index contributed by atoms with van der Waals surface area (Å²) in [7, 11) is 0. The largest absolute Gasteiger partial charge is 0.462 e. The molecule has 1 heterocycles. The summed E-state index contributed by atoms with van der Waals surface area (Å²) in [5, 5.41) is 7.10. The highest BCUT2D eigenvalue weighted by molar-refractivity contribution is 5.92. The smallest absolute Gasteiger partial charge is 0.338 e. The average Bonchev–Trinajstić information content (AvgIpc) is 2.90. The van der Waals surface area contributed by atoms with Crippen LogP contribution in [0.4, 0.5) is 0 Å². The summed E-state index contributed by atoms with van der Waals surface area (Å²) >= 11 is 0. The molecule has 0 unspecified atom stereocenters. The number of carbonyl (C=O) groups is 1. The van der Waals surface area contributed by atoms with E-state index in [1.165, 1.54) is 32.1 Å². The third kappa shape index (κ3) is 5.60. The summed E-state index contributed by atoms with van der Waals surface area (Å²) in [4.78, 5) is 16.3. The van der Waals surface area contributed by atoms with Crippen LogP contribution < -0.4 is 10.6 Å². The molecule has 5 heteroatoms. The summed E-state index contributed by atoms with van der Waals surface area (Å²) in [5.74, 6) is -0.333. The number of esters is 1. The van der Waals surface area contributed by atoms with Gasteiger partial charge in [0, 0.05) is 31.1 Å². The molecule has 142 valence electrons. The maximum absolute atomic E-state index is 12.2. The van der Waals surface area contributed by atoms with Gasteiger partial charge in [0.15, 0.2) is 0 Å². The second-order valence-electron chi connectivity index (χ2n) is 6.79. The zero-order chi connectivity index (χ0) is 18.9. The summed E-state index contributed by atoms with van der Waals surface area (Å²) in [6, 6.07) is 4.41.